The lowest BCUT2D eigenvalue weighted by Crippen LogP contribution is -2.20. The van der Waals surface area contributed by atoms with Crippen molar-refractivity contribution in [2.24, 2.45) is 0 Å². The number of amides is 1. The third kappa shape index (κ3) is 4.20. The number of benzene rings is 1. The van der Waals surface area contributed by atoms with Gasteiger partial charge in [0.05, 0.1) is 4.92 Å². The van der Waals surface area contributed by atoms with Crippen molar-refractivity contribution >= 4 is 23.3 Å². The minimum atomic E-state index is -0.533. The highest BCUT2D eigenvalue weighted by molar-refractivity contribution is 5.92. The van der Waals surface area contributed by atoms with Gasteiger partial charge < -0.3 is 10.1 Å². The predicted molar refractivity (Wildman–Crippen MR) is 63.0 cm³/mol. The summed E-state index contributed by atoms with van der Waals surface area (Å²) in [6.07, 6.45) is 0.199. The largest absolute Gasteiger partial charge is 0.456 e. The SMILES string of the molecule is CCC(=O)OCC(=O)Nc1ccc([N+](=O)[O-])cc1. The van der Waals surface area contributed by atoms with Crippen molar-refractivity contribution in [3.8, 4) is 0 Å². The van der Waals surface area contributed by atoms with E-state index in [-0.39, 0.29) is 18.7 Å². The fourth-order valence-corrected chi connectivity index (χ4v) is 1.11. The normalized spacial score (nSPS) is 9.61. The van der Waals surface area contributed by atoms with Gasteiger partial charge in [0, 0.05) is 24.2 Å². The molecule has 0 unspecified atom stereocenters. The molecule has 1 amide bonds. The van der Waals surface area contributed by atoms with Crippen LogP contribution in [0.15, 0.2) is 24.3 Å². The first-order valence-electron chi connectivity index (χ1n) is 5.23. The molecule has 1 aromatic rings. The first kappa shape index (κ1) is 13.6. The van der Waals surface area contributed by atoms with Gasteiger partial charge in [-0.2, -0.15) is 0 Å². The molecule has 0 aromatic heterocycles. The number of nitrogens with zero attached hydrogens (tertiary/aromatic N) is 1. The molecule has 18 heavy (non-hydrogen) atoms. The molecule has 0 atom stereocenters. The second kappa shape index (κ2) is 6.33. The standard InChI is InChI=1S/C11H12N2O5/c1-2-11(15)18-7-10(14)12-8-3-5-9(6-4-8)13(16)17/h3-6H,2,7H2,1H3,(H,12,14). The maximum atomic E-state index is 11.3. The highest BCUT2D eigenvalue weighted by Crippen LogP contribution is 2.15. The quantitative estimate of drug-likeness (QED) is 0.486. The van der Waals surface area contributed by atoms with E-state index in [2.05, 4.69) is 10.1 Å². The molecule has 0 radical (unpaired) electrons. The van der Waals surface area contributed by atoms with E-state index in [0.717, 1.165) is 0 Å². The Bertz CT molecular complexity index is 455. The molecule has 0 saturated heterocycles. The molecule has 1 rings (SSSR count). The van der Waals surface area contributed by atoms with Crippen molar-refractivity contribution in [3.05, 3.63) is 34.4 Å². The van der Waals surface area contributed by atoms with Crippen molar-refractivity contribution < 1.29 is 19.2 Å². The number of carbonyl (C=O) groups excluding carboxylic acids is 2. The van der Waals surface area contributed by atoms with Crippen molar-refractivity contribution in [1.29, 1.82) is 0 Å². The van der Waals surface area contributed by atoms with Crippen LogP contribution in [-0.2, 0) is 14.3 Å². The maximum Gasteiger partial charge on any atom is 0.306 e. The number of non-ortho nitro benzene ring substituents is 1. The van der Waals surface area contributed by atoms with Crippen LogP contribution in [0, 0.1) is 10.1 Å². The predicted octanol–water partition coefficient (Wildman–Crippen LogP) is 1.49. The Morgan fingerprint density at radius 2 is 1.94 bits per heavy atom. The summed E-state index contributed by atoms with van der Waals surface area (Å²) < 4.78 is 4.63. The molecule has 0 spiro atoms. The Kier molecular flexibility index (Phi) is 4.79. The second-order valence-electron chi connectivity index (χ2n) is 3.37. The molecule has 0 heterocycles. The van der Waals surface area contributed by atoms with Crippen LogP contribution >= 0.6 is 0 Å². The van der Waals surface area contributed by atoms with Crippen LogP contribution in [-0.4, -0.2) is 23.4 Å². The van der Waals surface area contributed by atoms with Crippen LogP contribution < -0.4 is 5.32 Å². The summed E-state index contributed by atoms with van der Waals surface area (Å²) in [6, 6.07) is 5.34. The molecule has 0 aliphatic heterocycles. The Morgan fingerprint density at radius 3 is 2.44 bits per heavy atom. The molecule has 96 valence electrons. The second-order valence-corrected chi connectivity index (χ2v) is 3.37. The monoisotopic (exact) mass is 252 g/mol. The van der Waals surface area contributed by atoms with E-state index in [9.17, 15) is 19.7 Å². The van der Waals surface area contributed by atoms with Crippen molar-refractivity contribution in [1.82, 2.24) is 0 Å². The summed E-state index contributed by atoms with van der Waals surface area (Å²) in [5.74, 6) is -0.959. The van der Waals surface area contributed by atoms with Crippen LogP contribution in [0.1, 0.15) is 13.3 Å². The van der Waals surface area contributed by atoms with Crippen LogP contribution in [0.2, 0.25) is 0 Å². The number of anilines is 1. The molecule has 0 aliphatic rings. The fourth-order valence-electron chi connectivity index (χ4n) is 1.11. The molecule has 1 aromatic carbocycles. The van der Waals surface area contributed by atoms with E-state index in [1.165, 1.54) is 24.3 Å². The summed E-state index contributed by atoms with van der Waals surface area (Å²) in [7, 11) is 0. The lowest BCUT2D eigenvalue weighted by molar-refractivity contribution is -0.384. The molecule has 0 saturated carbocycles. The first-order chi connectivity index (χ1) is 8.52. The number of nitrogens with one attached hydrogen (secondary N) is 1. The number of esters is 1. The zero-order valence-corrected chi connectivity index (χ0v) is 9.71. The average Bonchev–Trinajstić information content (AvgIpc) is 2.36. The number of ether oxygens (including phenoxy) is 1. The minimum Gasteiger partial charge on any atom is -0.456 e. The summed E-state index contributed by atoms with van der Waals surface area (Å²) >= 11 is 0. The van der Waals surface area contributed by atoms with Crippen molar-refractivity contribution in [2.75, 3.05) is 11.9 Å². The third-order valence-electron chi connectivity index (χ3n) is 2.01. The van der Waals surface area contributed by atoms with Crippen molar-refractivity contribution in [2.45, 2.75) is 13.3 Å². The number of nitro groups is 1. The topological polar surface area (TPSA) is 98.5 Å². The summed E-state index contributed by atoms with van der Waals surface area (Å²) in [4.78, 5) is 32.0. The minimum absolute atomic E-state index is 0.0644. The lowest BCUT2D eigenvalue weighted by atomic mass is 10.3. The van der Waals surface area contributed by atoms with Gasteiger partial charge in [-0.05, 0) is 12.1 Å². The zero-order valence-electron chi connectivity index (χ0n) is 9.71. The Balaban J connectivity index is 2.49. The third-order valence-corrected chi connectivity index (χ3v) is 2.01. The van der Waals surface area contributed by atoms with Gasteiger partial charge in [-0.25, -0.2) is 0 Å². The molecule has 0 bridgehead atoms. The van der Waals surface area contributed by atoms with Crippen molar-refractivity contribution in [3.63, 3.8) is 0 Å². The van der Waals surface area contributed by atoms with Gasteiger partial charge >= 0.3 is 5.97 Å². The average molecular weight is 252 g/mol. The number of hydrogen-bond acceptors (Lipinski definition) is 5. The van der Waals surface area contributed by atoms with Gasteiger partial charge in [0.2, 0.25) is 0 Å². The number of rotatable bonds is 5. The molecule has 0 aliphatic carbocycles. The van der Waals surface area contributed by atoms with Crippen LogP contribution in [0.3, 0.4) is 0 Å². The van der Waals surface area contributed by atoms with E-state index < -0.39 is 16.8 Å². The van der Waals surface area contributed by atoms with Gasteiger partial charge in [0.1, 0.15) is 0 Å². The Morgan fingerprint density at radius 1 is 1.33 bits per heavy atom. The molecule has 7 nitrogen and oxygen atoms in total. The van der Waals surface area contributed by atoms with E-state index in [4.69, 9.17) is 0 Å². The molecule has 1 N–H and O–H groups in total. The van der Waals surface area contributed by atoms with E-state index in [1.807, 2.05) is 0 Å². The van der Waals surface area contributed by atoms with Gasteiger partial charge in [0.25, 0.3) is 11.6 Å². The van der Waals surface area contributed by atoms with Gasteiger partial charge in [0.15, 0.2) is 6.61 Å². The van der Waals surface area contributed by atoms with Crippen LogP contribution in [0.25, 0.3) is 0 Å². The van der Waals surface area contributed by atoms with E-state index in [1.54, 1.807) is 6.92 Å². The zero-order chi connectivity index (χ0) is 13.5. The Hall–Kier alpha value is -2.44. The van der Waals surface area contributed by atoms with Gasteiger partial charge in [-0.3, -0.25) is 19.7 Å². The summed E-state index contributed by atoms with van der Waals surface area (Å²) in [5.41, 5.74) is 0.337. The molecule has 7 heteroatoms. The summed E-state index contributed by atoms with van der Waals surface area (Å²) in [5, 5.41) is 12.9. The fraction of sp³-hybridized carbons (Fsp3) is 0.273. The number of nitro benzene ring substituents is 1. The lowest BCUT2D eigenvalue weighted by Gasteiger charge is -2.05. The maximum absolute atomic E-state index is 11.3. The van der Waals surface area contributed by atoms with Crippen LogP contribution in [0.4, 0.5) is 11.4 Å². The molecular weight excluding hydrogens is 240 g/mol. The van der Waals surface area contributed by atoms with Crippen LogP contribution in [0.5, 0.6) is 0 Å². The van der Waals surface area contributed by atoms with E-state index >= 15 is 0 Å². The number of hydrogen-bond donors (Lipinski definition) is 1. The first-order valence-corrected chi connectivity index (χ1v) is 5.23. The van der Waals surface area contributed by atoms with Gasteiger partial charge in [-0.1, -0.05) is 6.92 Å². The highest BCUT2D eigenvalue weighted by atomic mass is 16.6. The highest BCUT2D eigenvalue weighted by Gasteiger charge is 2.08. The summed E-state index contributed by atoms with van der Waals surface area (Å²) in [6.45, 7) is 1.25. The Labute approximate surface area is 103 Å². The number of carbonyl (C=O) groups is 2. The molecular formula is C11H12N2O5. The van der Waals surface area contributed by atoms with E-state index in [0.29, 0.717) is 5.69 Å². The molecule has 0 fully saturated rings. The smallest absolute Gasteiger partial charge is 0.306 e. The van der Waals surface area contributed by atoms with Gasteiger partial charge in [-0.15, -0.1) is 0 Å².